The third-order valence-corrected chi connectivity index (χ3v) is 5.78. The highest BCUT2D eigenvalue weighted by Crippen LogP contribution is 2.30. The molecular weight excluding hydrogens is 492 g/mol. The van der Waals surface area contributed by atoms with Crippen molar-refractivity contribution in [2.24, 2.45) is 5.10 Å². The number of methoxy groups -OCH3 is 1. The van der Waals surface area contributed by atoms with Gasteiger partial charge < -0.3 is 8.92 Å². The molecule has 1 amide bonds. The summed E-state index contributed by atoms with van der Waals surface area (Å²) < 4.78 is 87.0. The average Bonchev–Trinajstić information content (AvgIpc) is 2.80. The molecular formula is C23H18F4N2O5S. The lowest BCUT2D eigenvalue weighted by Crippen LogP contribution is -2.20. The van der Waals surface area contributed by atoms with Crippen molar-refractivity contribution >= 4 is 22.2 Å². The number of ether oxygens (including phenoxy) is 1. The molecule has 12 heteroatoms. The Morgan fingerprint density at radius 3 is 2.43 bits per heavy atom. The fourth-order valence-corrected chi connectivity index (χ4v) is 3.81. The summed E-state index contributed by atoms with van der Waals surface area (Å²) in [4.78, 5) is 11.6. The van der Waals surface area contributed by atoms with E-state index in [4.69, 9.17) is 8.92 Å². The second kappa shape index (κ2) is 10.6. The first-order chi connectivity index (χ1) is 16.5. The summed E-state index contributed by atoms with van der Waals surface area (Å²) in [5, 5.41) is 3.70. The van der Waals surface area contributed by atoms with Crippen LogP contribution in [-0.4, -0.2) is 27.6 Å². The molecule has 0 saturated heterocycles. The molecule has 0 aliphatic carbocycles. The summed E-state index contributed by atoms with van der Waals surface area (Å²) >= 11 is 0. The van der Waals surface area contributed by atoms with E-state index in [-0.39, 0.29) is 17.7 Å². The van der Waals surface area contributed by atoms with Gasteiger partial charge in [0.15, 0.2) is 5.75 Å². The minimum atomic E-state index is -4.64. The molecule has 0 aromatic heterocycles. The zero-order chi connectivity index (χ0) is 25.6. The summed E-state index contributed by atoms with van der Waals surface area (Å²) in [6.45, 7) is 0. The summed E-state index contributed by atoms with van der Waals surface area (Å²) in [5.41, 5.74) is 1.71. The molecule has 3 rings (SSSR count). The zero-order valence-corrected chi connectivity index (χ0v) is 18.9. The number of amides is 1. The molecule has 0 bridgehead atoms. The number of benzene rings is 3. The number of nitrogens with one attached hydrogen (secondary N) is 1. The van der Waals surface area contributed by atoms with Gasteiger partial charge in [-0.2, -0.15) is 26.7 Å². The number of hydrazone groups is 1. The summed E-state index contributed by atoms with van der Waals surface area (Å²) in [6.07, 6.45) is -3.70. The minimum absolute atomic E-state index is 0.0383. The Balaban J connectivity index is 1.73. The highest BCUT2D eigenvalue weighted by atomic mass is 32.2. The standard InChI is InChI=1S/C23H18F4N2O5S/c1-33-19-4-2-3-15(11-19)12-22(30)29-28-14-16-13-18(24)7-10-21(16)34-35(31,32)20-8-5-17(6-9-20)23(25,26)27/h2-11,13-14H,12H2,1H3,(H,29,30)/b28-14+. The summed E-state index contributed by atoms with van der Waals surface area (Å²) in [6, 6.07) is 12.3. The van der Waals surface area contributed by atoms with Gasteiger partial charge in [0, 0.05) is 5.56 Å². The third-order valence-electron chi connectivity index (χ3n) is 4.53. The Bertz CT molecular complexity index is 1340. The number of alkyl halides is 3. The number of carbonyl (C=O) groups excluding carboxylic acids is 1. The van der Waals surface area contributed by atoms with Gasteiger partial charge in [0.2, 0.25) is 5.91 Å². The van der Waals surface area contributed by atoms with Gasteiger partial charge in [0.05, 0.1) is 25.3 Å². The van der Waals surface area contributed by atoms with E-state index < -0.39 is 38.5 Å². The maximum absolute atomic E-state index is 13.7. The van der Waals surface area contributed by atoms with Crippen LogP contribution >= 0.6 is 0 Å². The van der Waals surface area contributed by atoms with Crippen LogP contribution in [-0.2, 0) is 27.5 Å². The second-order valence-electron chi connectivity index (χ2n) is 7.06. The lowest BCUT2D eigenvalue weighted by atomic mass is 10.1. The maximum Gasteiger partial charge on any atom is 0.416 e. The normalized spacial score (nSPS) is 11.9. The van der Waals surface area contributed by atoms with E-state index in [9.17, 15) is 30.8 Å². The van der Waals surface area contributed by atoms with Crippen LogP contribution in [0.2, 0.25) is 0 Å². The molecule has 7 nitrogen and oxygen atoms in total. The highest BCUT2D eigenvalue weighted by molar-refractivity contribution is 7.87. The molecule has 0 atom stereocenters. The first-order valence-electron chi connectivity index (χ1n) is 9.84. The Hall–Kier alpha value is -3.93. The van der Waals surface area contributed by atoms with Crippen LogP contribution < -0.4 is 14.3 Å². The highest BCUT2D eigenvalue weighted by Gasteiger charge is 2.31. The van der Waals surface area contributed by atoms with Crippen molar-refractivity contribution in [3.05, 3.63) is 89.2 Å². The largest absolute Gasteiger partial charge is 0.497 e. The fraction of sp³-hybridized carbons (Fsp3) is 0.130. The zero-order valence-electron chi connectivity index (χ0n) is 18.0. The van der Waals surface area contributed by atoms with Crippen LogP contribution in [0.1, 0.15) is 16.7 Å². The number of carbonyl (C=O) groups is 1. The number of halogens is 4. The molecule has 1 N–H and O–H groups in total. The molecule has 0 radical (unpaired) electrons. The third kappa shape index (κ3) is 7.03. The van der Waals surface area contributed by atoms with E-state index >= 15 is 0 Å². The van der Waals surface area contributed by atoms with Gasteiger partial charge in [-0.25, -0.2) is 9.82 Å². The van der Waals surface area contributed by atoms with Gasteiger partial charge in [-0.1, -0.05) is 12.1 Å². The van der Waals surface area contributed by atoms with Gasteiger partial charge >= 0.3 is 16.3 Å². The Labute approximate surface area is 198 Å². The Kier molecular flexibility index (Phi) is 7.75. The van der Waals surface area contributed by atoms with E-state index in [1.165, 1.54) is 7.11 Å². The molecule has 0 fully saturated rings. The van der Waals surface area contributed by atoms with Crippen molar-refractivity contribution in [2.45, 2.75) is 17.5 Å². The van der Waals surface area contributed by atoms with Gasteiger partial charge in [-0.3, -0.25) is 4.79 Å². The number of hydrogen-bond donors (Lipinski definition) is 1. The lowest BCUT2D eigenvalue weighted by molar-refractivity contribution is -0.137. The SMILES string of the molecule is COc1cccc(CC(=O)N/N=C/c2cc(F)ccc2OS(=O)(=O)c2ccc(C(F)(F)F)cc2)c1. The molecule has 0 unspecified atom stereocenters. The Morgan fingerprint density at radius 2 is 1.77 bits per heavy atom. The van der Waals surface area contributed by atoms with Crippen LogP contribution in [0.3, 0.4) is 0 Å². The molecule has 3 aromatic rings. The molecule has 0 saturated carbocycles. The maximum atomic E-state index is 13.7. The average molecular weight is 510 g/mol. The number of nitrogens with zero attached hydrogens (tertiary/aromatic N) is 1. The molecule has 0 aliphatic heterocycles. The fourth-order valence-electron chi connectivity index (χ4n) is 2.85. The van der Waals surface area contributed by atoms with Crippen LogP contribution in [0.5, 0.6) is 11.5 Å². The van der Waals surface area contributed by atoms with Crippen molar-refractivity contribution in [1.29, 1.82) is 0 Å². The quantitative estimate of drug-likeness (QED) is 0.211. The van der Waals surface area contributed by atoms with E-state index in [1.54, 1.807) is 24.3 Å². The van der Waals surface area contributed by atoms with Crippen LogP contribution in [0.4, 0.5) is 17.6 Å². The van der Waals surface area contributed by atoms with Crippen LogP contribution in [0.15, 0.2) is 76.7 Å². The number of rotatable bonds is 8. The predicted molar refractivity (Wildman–Crippen MR) is 118 cm³/mol. The summed E-state index contributed by atoms with van der Waals surface area (Å²) in [7, 11) is -3.06. The van der Waals surface area contributed by atoms with Crippen molar-refractivity contribution in [2.75, 3.05) is 7.11 Å². The molecule has 3 aromatic carbocycles. The van der Waals surface area contributed by atoms with Gasteiger partial charge in [0.1, 0.15) is 16.5 Å². The van der Waals surface area contributed by atoms with Crippen molar-refractivity contribution < 1.29 is 39.7 Å². The predicted octanol–water partition coefficient (Wildman–Crippen LogP) is 4.31. The Morgan fingerprint density at radius 1 is 1.06 bits per heavy atom. The first-order valence-corrected chi connectivity index (χ1v) is 11.2. The van der Waals surface area contributed by atoms with E-state index in [0.29, 0.717) is 23.4 Å². The van der Waals surface area contributed by atoms with E-state index in [1.807, 2.05) is 0 Å². The second-order valence-corrected chi connectivity index (χ2v) is 8.61. The molecule has 35 heavy (non-hydrogen) atoms. The van der Waals surface area contributed by atoms with Gasteiger partial charge in [-0.05, 0) is 60.2 Å². The lowest BCUT2D eigenvalue weighted by Gasteiger charge is -2.11. The minimum Gasteiger partial charge on any atom is -0.497 e. The van der Waals surface area contributed by atoms with Gasteiger partial charge in [-0.15, -0.1) is 0 Å². The molecule has 0 aliphatic rings. The summed E-state index contributed by atoms with van der Waals surface area (Å²) in [5.74, 6) is -1.04. The molecule has 0 spiro atoms. The smallest absolute Gasteiger partial charge is 0.416 e. The van der Waals surface area contributed by atoms with Crippen molar-refractivity contribution in [3.63, 3.8) is 0 Å². The van der Waals surface area contributed by atoms with Crippen LogP contribution in [0, 0.1) is 5.82 Å². The van der Waals surface area contributed by atoms with Crippen molar-refractivity contribution in [1.82, 2.24) is 5.43 Å². The van der Waals surface area contributed by atoms with E-state index in [0.717, 1.165) is 36.5 Å². The molecule has 184 valence electrons. The first kappa shape index (κ1) is 25.7. The number of hydrogen-bond acceptors (Lipinski definition) is 6. The monoisotopic (exact) mass is 510 g/mol. The van der Waals surface area contributed by atoms with Crippen LogP contribution in [0.25, 0.3) is 0 Å². The van der Waals surface area contributed by atoms with E-state index in [2.05, 4.69) is 10.5 Å². The molecule has 0 heterocycles. The van der Waals surface area contributed by atoms with Crippen molar-refractivity contribution in [3.8, 4) is 11.5 Å². The van der Waals surface area contributed by atoms with Gasteiger partial charge in [0.25, 0.3) is 0 Å². The topological polar surface area (TPSA) is 94.1 Å².